The van der Waals surface area contributed by atoms with Crippen molar-refractivity contribution in [2.24, 2.45) is 0 Å². The number of aryl methyl sites for hydroxylation is 1. The quantitative estimate of drug-likeness (QED) is 0.915. The summed E-state index contributed by atoms with van der Waals surface area (Å²) in [6.45, 7) is 2.70. The van der Waals surface area contributed by atoms with E-state index >= 15 is 0 Å². The third kappa shape index (κ3) is 2.76. The maximum atomic E-state index is 10.4. The molecule has 0 amide bonds. The average Bonchev–Trinajstić information content (AvgIpc) is 2.47. The van der Waals surface area contributed by atoms with Crippen molar-refractivity contribution in [3.63, 3.8) is 0 Å². The van der Waals surface area contributed by atoms with Crippen molar-refractivity contribution in [2.45, 2.75) is 19.1 Å². The normalized spacial score (nSPS) is 21.5. The van der Waals surface area contributed by atoms with Gasteiger partial charge in [0.2, 0.25) is 0 Å². The van der Waals surface area contributed by atoms with Gasteiger partial charge >= 0.3 is 0 Å². The first-order valence-corrected chi connectivity index (χ1v) is 7.64. The van der Waals surface area contributed by atoms with E-state index in [1.165, 1.54) is 0 Å². The maximum Gasteiger partial charge on any atom is 0.106 e. The fourth-order valence-corrected chi connectivity index (χ4v) is 3.22. The fraction of sp³-hybridized carbons (Fsp3) is 0.400. The molecular formula is C15H17NO2S. The summed E-state index contributed by atoms with van der Waals surface area (Å²) in [5.74, 6) is 1.87. The standard InChI is InChI=1S/C15H17NO2S/c1-10-2-3-11-8-12(4-5-13(11)16-10)15(17)14-9-19-7-6-18-14/h2-5,8,14-15,17H,6-7,9H2,1H3. The summed E-state index contributed by atoms with van der Waals surface area (Å²) in [4.78, 5) is 4.47. The Morgan fingerprint density at radius 1 is 1.37 bits per heavy atom. The minimum Gasteiger partial charge on any atom is -0.386 e. The second-order valence-corrected chi connectivity index (χ2v) is 5.98. The lowest BCUT2D eigenvalue weighted by Crippen LogP contribution is -2.29. The Hall–Kier alpha value is -1.10. The minimum absolute atomic E-state index is 0.102. The van der Waals surface area contributed by atoms with E-state index in [1.54, 1.807) is 0 Å². The number of hydrogen-bond donors (Lipinski definition) is 1. The third-order valence-corrected chi connectivity index (χ3v) is 4.41. The molecule has 1 aliphatic heterocycles. The third-order valence-electron chi connectivity index (χ3n) is 3.39. The van der Waals surface area contributed by atoms with Crippen LogP contribution in [0.1, 0.15) is 17.4 Å². The van der Waals surface area contributed by atoms with Crippen molar-refractivity contribution in [3.8, 4) is 0 Å². The van der Waals surface area contributed by atoms with Gasteiger partial charge in [-0.15, -0.1) is 0 Å². The first-order valence-electron chi connectivity index (χ1n) is 6.49. The van der Waals surface area contributed by atoms with Crippen LogP contribution in [0, 0.1) is 6.92 Å². The molecule has 3 rings (SSSR count). The molecule has 2 unspecified atom stereocenters. The van der Waals surface area contributed by atoms with Gasteiger partial charge in [-0.3, -0.25) is 4.98 Å². The highest BCUT2D eigenvalue weighted by atomic mass is 32.2. The second kappa shape index (κ2) is 5.49. The molecule has 1 aliphatic rings. The van der Waals surface area contributed by atoms with Crippen molar-refractivity contribution in [1.82, 2.24) is 4.98 Å². The summed E-state index contributed by atoms with van der Waals surface area (Å²) in [7, 11) is 0. The number of fused-ring (bicyclic) bond motifs is 1. The van der Waals surface area contributed by atoms with Crippen LogP contribution in [0.2, 0.25) is 0 Å². The number of rotatable bonds is 2. The van der Waals surface area contributed by atoms with Crippen LogP contribution in [-0.4, -0.2) is 34.3 Å². The van der Waals surface area contributed by atoms with Crippen molar-refractivity contribution in [3.05, 3.63) is 41.6 Å². The Balaban J connectivity index is 1.89. The van der Waals surface area contributed by atoms with Gasteiger partial charge in [0.25, 0.3) is 0 Å². The summed E-state index contributed by atoms with van der Waals surface area (Å²) in [6.07, 6.45) is -0.659. The van der Waals surface area contributed by atoms with Gasteiger partial charge in [0.15, 0.2) is 0 Å². The van der Waals surface area contributed by atoms with E-state index in [2.05, 4.69) is 4.98 Å². The number of benzene rings is 1. The van der Waals surface area contributed by atoms with Crippen LogP contribution in [0.15, 0.2) is 30.3 Å². The number of hydrogen-bond acceptors (Lipinski definition) is 4. The molecule has 1 aromatic carbocycles. The van der Waals surface area contributed by atoms with Gasteiger partial charge in [-0.25, -0.2) is 0 Å². The molecule has 0 bridgehead atoms. The van der Waals surface area contributed by atoms with E-state index in [9.17, 15) is 5.11 Å². The predicted molar refractivity (Wildman–Crippen MR) is 78.5 cm³/mol. The molecule has 2 atom stereocenters. The van der Waals surface area contributed by atoms with Crippen molar-refractivity contribution >= 4 is 22.7 Å². The Kier molecular flexibility index (Phi) is 3.73. The monoisotopic (exact) mass is 275 g/mol. The topological polar surface area (TPSA) is 42.4 Å². The van der Waals surface area contributed by atoms with Gasteiger partial charge in [0, 0.05) is 22.6 Å². The van der Waals surface area contributed by atoms with Crippen molar-refractivity contribution in [2.75, 3.05) is 18.1 Å². The van der Waals surface area contributed by atoms with Crippen molar-refractivity contribution in [1.29, 1.82) is 0 Å². The van der Waals surface area contributed by atoms with E-state index < -0.39 is 6.10 Å². The molecule has 19 heavy (non-hydrogen) atoms. The molecule has 4 heteroatoms. The van der Waals surface area contributed by atoms with Crippen LogP contribution in [0.3, 0.4) is 0 Å². The molecule has 1 aromatic heterocycles. The van der Waals surface area contributed by atoms with E-state index in [0.29, 0.717) is 0 Å². The van der Waals surface area contributed by atoms with Gasteiger partial charge in [-0.2, -0.15) is 11.8 Å². The summed E-state index contributed by atoms with van der Waals surface area (Å²) in [5.41, 5.74) is 2.88. The first kappa shape index (κ1) is 12.9. The lowest BCUT2D eigenvalue weighted by atomic mass is 10.0. The van der Waals surface area contributed by atoms with Crippen LogP contribution in [0.25, 0.3) is 10.9 Å². The molecule has 0 radical (unpaired) electrons. The number of thioether (sulfide) groups is 1. The van der Waals surface area contributed by atoms with Gasteiger partial charge < -0.3 is 9.84 Å². The highest BCUT2D eigenvalue weighted by Gasteiger charge is 2.24. The van der Waals surface area contributed by atoms with Gasteiger partial charge in [-0.05, 0) is 30.7 Å². The Labute approximate surface area is 117 Å². The molecule has 1 N–H and O–H groups in total. The van der Waals surface area contributed by atoms with Crippen LogP contribution in [0.5, 0.6) is 0 Å². The van der Waals surface area contributed by atoms with E-state index in [-0.39, 0.29) is 6.10 Å². The zero-order valence-electron chi connectivity index (χ0n) is 10.9. The molecule has 100 valence electrons. The average molecular weight is 275 g/mol. The molecule has 2 aromatic rings. The number of aliphatic hydroxyl groups is 1. The summed E-state index contributed by atoms with van der Waals surface area (Å²) < 4.78 is 5.64. The Bertz CT molecular complexity index is 581. The summed E-state index contributed by atoms with van der Waals surface area (Å²) in [5, 5.41) is 11.5. The van der Waals surface area contributed by atoms with Gasteiger partial charge in [0.1, 0.15) is 6.10 Å². The van der Waals surface area contributed by atoms with Crippen molar-refractivity contribution < 1.29 is 9.84 Å². The predicted octanol–water partition coefficient (Wildman–Crippen LogP) is 2.71. The summed E-state index contributed by atoms with van der Waals surface area (Å²) >= 11 is 1.83. The lowest BCUT2D eigenvalue weighted by Gasteiger charge is -2.27. The molecular weight excluding hydrogens is 258 g/mol. The minimum atomic E-state index is -0.557. The van der Waals surface area contributed by atoms with Crippen LogP contribution >= 0.6 is 11.8 Å². The largest absolute Gasteiger partial charge is 0.386 e. The number of nitrogens with zero attached hydrogens (tertiary/aromatic N) is 1. The highest BCUT2D eigenvalue weighted by Crippen LogP contribution is 2.27. The highest BCUT2D eigenvalue weighted by molar-refractivity contribution is 7.99. The maximum absolute atomic E-state index is 10.4. The molecule has 0 saturated carbocycles. The second-order valence-electron chi connectivity index (χ2n) is 4.83. The van der Waals surface area contributed by atoms with Gasteiger partial charge in [-0.1, -0.05) is 12.1 Å². The molecule has 1 saturated heterocycles. The van der Waals surface area contributed by atoms with Gasteiger partial charge in [0.05, 0.1) is 18.2 Å². The van der Waals surface area contributed by atoms with E-state index in [0.717, 1.165) is 40.3 Å². The number of aromatic nitrogens is 1. The number of ether oxygens (including phenoxy) is 1. The summed E-state index contributed by atoms with van der Waals surface area (Å²) in [6, 6.07) is 9.96. The molecule has 0 spiro atoms. The Morgan fingerprint density at radius 3 is 3.05 bits per heavy atom. The van der Waals surface area contributed by atoms with E-state index in [1.807, 2.05) is 49.0 Å². The molecule has 2 heterocycles. The molecule has 3 nitrogen and oxygen atoms in total. The van der Waals surface area contributed by atoms with E-state index in [4.69, 9.17) is 4.74 Å². The first-order chi connectivity index (χ1) is 9.24. The smallest absolute Gasteiger partial charge is 0.106 e. The SMILES string of the molecule is Cc1ccc2cc(C(O)C3CSCCO3)ccc2n1. The molecule has 0 aliphatic carbocycles. The number of aliphatic hydroxyl groups excluding tert-OH is 1. The van der Waals surface area contributed by atoms with Crippen LogP contribution < -0.4 is 0 Å². The number of pyridine rings is 1. The zero-order valence-corrected chi connectivity index (χ0v) is 11.7. The fourth-order valence-electron chi connectivity index (χ4n) is 2.33. The lowest BCUT2D eigenvalue weighted by molar-refractivity contribution is -0.0226. The molecule has 1 fully saturated rings. The van der Waals surface area contributed by atoms with Crippen LogP contribution in [-0.2, 0) is 4.74 Å². The Morgan fingerprint density at radius 2 is 2.26 bits per heavy atom. The zero-order chi connectivity index (χ0) is 13.2. The van der Waals surface area contributed by atoms with Crippen LogP contribution in [0.4, 0.5) is 0 Å².